The molecular weight excluding hydrogens is 302 g/mol. The van der Waals surface area contributed by atoms with Crippen LogP contribution in [-0.2, 0) is 11.8 Å². The number of benzene rings is 2. The van der Waals surface area contributed by atoms with Gasteiger partial charge in [-0.1, -0.05) is 17.7 Å². The Morgan fingerprint density at radius 1 is 1.04 bits per heavy atom. The Hall–Kier alpha value is -2.62. The highest BCUT2D eigenvalue weighted by atomic mass is 16.5. The Morgan fingerprint density at radius 2 is 1.75 bits per heavy atom. The molecule has 2 aromatic rings. The number of aryl methyl sites for hydroxylation is 1. The van der Waals surface area contributed by atoms with Gasteiger partial charge in [-0.25, -0.2) is 0 Å². The number of ketones is 1. The van der Waals surface area contributed by atoms with Crippen LogP contribution >= 0.6 is 0 Å². The van der Waals surface area contributed by atoms with Gasteiger partial charge in [0, 0.05) is 11.3 Å². The maximum absolute atomic E-state index is 13.4. The zero-order valence-corrected chi connectivity index (χ0v) is 14.3. The van der Waals surface area contributed by atoms with Crippen LogP contribution in [0.15, 0.2) is 35.3 Å². The van der Waals surface area contributed by atoms with E-state index >= 15 is 0 Å². The van der Waals surface area contributed by atoms with E-state index in [0.717, 1.165) is 28.1 Å². The molecule has 2 aromatic carbocycles. The first-order valence-corrected chi connectivity index (χ1v) is 7.98. The normalized spacial score (nSPS) is 20.8. The molecule has 1 unspecified atom stereocenters. The first kappa shape index (κ1) is 14.9. The summed E-state index contributed by atoms with van der Waals surface area (Å²) in [6.07, 6.45) is 0.618. The standard InChI is InChI=1S/C20H19NO3/c1-11-5-6-16-15(7-11)20(12(2)21-16)10-13-8-17(23-3)18(24-4)9-14(13)19(20)22/h5-9H,10H2,1-4H3. The molecule has 1 aliphatic carbocycles. The van der Waals surface area contributed by atoms with Crippen LogP contribution < -0.4 is 9.47 Å². The van der Waals surface area contributed by atoms with Crippen LogP contribution in [0.3, 0.4) is 0 Å². The lowest BCUT2D eigenvalue weighted by atomic mass is 9.74. The van der Waals surface area contributed by atoms with Gasteiger partial charge in [0.05, 0.1) is 19.9 Å². The van der Waals surface area contributed by atoms with Crippen LogP contribution in [0, 0.1) is 6.92 Å². The number of aliphatic imine (C=N–C) groups is 1. The van der Waals surface area contributed by atoms with E-state index in [2.05, 4.69) is 11.1 Å². The quantitative estimate of drug-likeness (QED) is 0.845. The van der Waals surface area contributed by atoms with Crippen LogP contribution in [0.5, 0.6) is 11.5 Å². The lowest BCUT2D eigenvalue weighted by molar-refractivity contribution is 0.0946. The molecule has 0 fully saturated rings. The van der Waals surface area contributed by atoms with Gasteiger partial charge in [0.25, 0.3) is 0 Å². The van der Waals surface area contributed by atoms with Gasteiger partial charge in [-0.3, -0.25) is 9.79 Å². The number of rotatable bonds is 2. The van der Waals surface area contributed by atoms with E-state index in [1.807, 2.05) is 32.0 Å². The van der Waals surface area contributed by atoms with E-state index in [4.69, 9.17) is 9.47 Å². The highest BCUT2D eigenvalue weighted by molar-refractivity contribution is 6.26. The molecule has 4 heteroatoms. The average Bonchev–Trinajstić information content (AvgIpc) is 3.02. The summed E-state index contributed by atoms with van der Waals surface area (Å²) in [6, 6.07) is 9.84. The number of carbonyl (C=O) groups is 1. The van der Waals surface area contributed by atoms with Gasteiger partial charge in [-0.05, 0) is 49.6 Å². The molecule has 1 spiro atoms. The highest BCUT2D eigenvalue weighted by Gasteiger charge is 2.53. The van der Waals surface area contributed by atoms with Crippen LogP contribution in [0.2, 0.25) is 0 Å². The summed E-state index contributed by atoms with van der Waals surface area (Å²) < 4.78 is 10.8. The van der Waals surface area contributed by atoms with E-state index < -0.39 is 5.41 Å². The van der Waals surface area contributed by atoms with E-state index in [0.29, 0.717) is 23.5 Å². The maximum atomic E-state index is 13.4. The third kappa shape index (κ3) is 1.74. The smallest absolute Gasteiger partial charge is 0.179 e. The highest BCUT2D eigenvalue weighted by Crippen LogP contribution is 2.50. The second-order valence-corrected chi connectivity index (χ2v) is 6.49. The summed E-state index contributed by atoms with van der Waals surface area (Å²) in [4.78, 5) is 18.1. The van der Waals surface area contributed by atoms with Gasteiger partial charge < -0.3 is 9.47 Å². The summed E-state index contributed by atoms with van der Waals surface area (Å²) in [5.41, 5.74) is 4.93. The molecule has 0 N–H and O–H groups in total. The number of Topliss-reactive ketones (excluding diaryl/α,β-unsaturated/α-hetero) is 1. The zero-order chi connectivity index (χ0) is 17.1. The van der Waals surface area contributed by atoms with Gasteiger partial charge in [0.15, 0.2) is 17.3 Å². The molecule has 0 bridgehead atoms. The molecule has 0 amide bonds. The summed E-state index contributed by atoms with van der Waals surface area (Å²) >= 11 is 0. The lowest BCUT2D eigenvalue weighted by Gasteiger charge is -2.23. The Labute approximate surface area is 141 Å². The number of carbonyl (C=O) groups excluding carboxylic acids is 1. The van der Waals surface area contributed by atoms with E-state index in [1.54, 1.807) is 20.3 Å². The minimum atomic E-state index is -0.680. The van der Waals surface area contributed by atoms with Gasteiger partial charge in [0.2, 0.25) is 0 Å². The van der Waals surface area contributed by atoms with Gasteiger partial charge in [0.1, 0.15) is 5.41 Å². The van der Waals surface area contributed by atoms with Crippen molar-refractivity contribution in [3.63, 3.8) is 0 Å². The van der Waals surface area contributed by atoms with Crippen LogP contribution in [0.1, 0.15) is 34.0 Å². The third-order valence-electron chi connectivity index (χ3n) is 5.21. The zero-order valence-electron chi connectivity index (χ0n) is 14.3. The molecule has 4 nitrogen and oxygen atoms in total. The second kappa shape index (κ2) is 4.94. The predicted octanol–water partition coefficient (Wildman–Crippen LogP) is 3.80. The minimum Gasteiger partial charge on any atom is -0.493 e. The summed E-state index contributed by atoms with van der Waals surface area (Å²) in [5, 5.41) is 0. The van der Waals surface area contributed by atoms with Crippen molar-refractivity contribution < 1.29 is 14.3 Å². The van der Waals surface area contributed by atoms with Gasteiger partial charge in [-0.15, -0.1) is 0 Å². The number of ether oxygens (including phenoxy) is 2. The predicted molar refractivity (Wildman–Crippen MR) is 93.2 cm³/mol. The number of hydrogen-bond donors (Lipinski definition) is 0. The van der Waals surface area contributed by atoms with Crippen molar-refractivity contribution in [2.45, 2.75) is 25.7 Å². The van der Waals surface area contributed by atoms with Gasteiger partial charge >= 0.3 is 0 Å². The molecule has 122 valence electrons. The van der Waals surface area contributed by atoms with E-state index in [9.17, 15) is 4.79 Å². The van der Waals surface area contributed by atoms with Crippen molar-refractivity contribution in [3.8, 4) is 11.5 Å². The molecule has 1 heterocycles. The SMILES string of the molecule is COc1cc2c(cc1OC)C(=O)C1(C2)C(C)=Nc2ccc(C)cc21. The molecule has 2 aliphatic rings. The molecule has 0 saturated heterocycles. The van der Waals surface area contributed by atoms with E-state index in [-0.39, 0.29) is 5.78 Å². The first-order valence-electron chi connectivity index (χ1n) is 7.98. The molecule has 0 saturated carbocycles. The number of hydrogen-bond acceptors (Lipinski definition) is 4. The first-order chi connectivity index (χ1) is 11.5. The molecule has 0 radical (unpaired) electrons. The largest absolute Gasteiger partial charge is 0.493 e. The second-order valence-electron chi connectivity index (χ2n) is 6.49. The van der Waals surface area contributed by atoms with E-state index in [1.165, 1.54) is 0 Å². The van der Waals surface area contributed by atoms with Crippen LogP contribution in [0.25, 0.3) is 0 Å². The van der Waals surface area contributed by atoms with Gasteiger partial charge in [-0.2, -0.15) is 0 Å². The Morgan fingerprint density at radius 3 is 2.46 bits per heavy atom. The molecule has 0 aromatic heterocycles. The van der Waals surface area contributed by atoms with Crippen molar-refractivity contribution in [3.05, 3.63) is 52.6 Å². The van der Waals surface area contributed by atoms with Crippen LogP contribution in [0.4, 0.5) is 5.69 Å². The number of methoxy groups -OCH3 is 2. The molecular formula is C20H19NO3. The maximum Gasteiger partial charge on any atom is 0.179 e. The molecule has 24 heavy (non-hydrogen) atoms. The monoisotopic (exact) mass is 321 g/mol. The topological polar surface area (TPSA) is 47.9 Å². The average molecular weight is 321 g/mol. The fourth-order valence-electron chi connectivity index (χ4n) is 3.94. The molecule has 1 aliphatic heterocycles. The Kier molecular flexibility index (Phi) is 3.07. The number of nitrogens with zero attached hydrogens (tertiary/aromatic N) is 1. The van der Waals surface area contributed by atoms with Crippen molar-refractivity contribution in [2.75, 3.05) is 14.2 Å². The van der Waals surface area contributed by atoms with Crippen molar-refractivity contribution >= 4 is 17.2 Å². The molecule has 1 atom stereocenters. The Bertz CT molecular complexity index is 913. The number of fused-ring (bicyclic) bond motifs is 3. The Balaban J connectivity index is 1.93. The van der Waals surface area contributed by atoms with Crippen molar-refractivity contribution in [1.29, 1.82) is 0 Å². The van der Waals surface area contributed by atoms with Crippen molar-refractivity contribution in [1.82, 2.24) is 0 Å². The summed E-state index contributed by atoms with van der Waals surface area (Å²) in [7, 11) is 3.19. The summed E-state index contributed by atoms with van der Waals surface area (Å²) in [6.45, 7) is 3.99. The fraction of sp³-hybridized carbons (Fsp3) is 0.300. The fourth-order valence-corrected chi connectivity index (χ4v) is 3.94. The minimum absolute atomic E-state index is 0.101. The van der Waals surface area contributed by atoms with Crippen LogP contribution in [-0.4, -0.2) is 25.7 Å². The lowest BCUT2D eigenvalue weighted by Crippen LogP contribution is -2.38. The van der Waals surface area contributed by atoms with Crippen molar-refractivity contribution in [2.24, 2.45) is 4.99 Å². The molecule has 4 rings (SSSR count). The summed E-state index contributed by atoms with van der Waals surface area (Å²) in [5.74, 6) is 1.33. The third-order valence-corrected chi connectivity index (χ3v) is 5.21.